The van der Waals surface area contributed by atoms with Gasteiger partial charge in [0, 0.05) is 15.3 Å². The molecular weight excluding hydrogens is 317 g/mol. The van der Waals surface area contributed by atoms with Gasteiger partial charge in [-0.1, -0.05) is 0 Å². The van der Waals surface area contributed by atoms with Crippen LogP contribution in [-0.4, -0.2) is 11.9 Å². The highest BCUT2D eigenvalue weighted by Gasteiger charge is 2.15. The van der Waals surface area contributed by atoms with E-state index >= 15 is 0 Å². The molecule has 5 nitrogen and oxygen atoms in total. The predicted molar refractivity (Wildman–Crippen MR) is 89.3 cm³/mol. The number of primary amides is 1. The van der Waals surface area contributed by atoms with E-state index in [2.05, 4.69) is 10.6 Å². The number of urea groups is 1. The van der Waals surface area contributed by atoms with Crippen molar-refractivity contribution >= 4 is 29.0 Å². The summed E-state index contributed by atoms with van der Waals surface area (Å²) in [7, 11) is 0. The fraction of sp³-hybridized carbons (Fsp3) is 0.250. The second-order valence-electron chi connectivity index (χ2n) is 5.25. The van der Waals surface area contributed by atoms with Gasteiger partial charge in [-0.25, -0.2) is 9.18 Å². The Morgan fingerprint density at radius 1 is 1.26 bits per heavy atom. The van der Waals surface area contributed by atoms with E-state index < -0.39 is 17.8 Å². The zero-order chi connectivity index (χ0) is 17.1. The van der Waals surface area contributed by atoms with Crippen LogP contribution in [0.3, 0.4) is 0 Å². The quantitative estimate of drug-likeness (QED) is 0.799. The van der Waals surface area contributed by atoms with Gasteiger partial charge in [0.1, 0.15) is 5.82 Å². The molecule has 2 rings (SSSR count). The van der Waals surface area contributed by atoms with Crippen LogP contribution in [0.4, 0.5) is 14.9 Å². The minimum Gasteiger partial charge on any atom is -0.366 e. The molecule has 0 radical (unpaired) electrons. The van der Waals surface area contributed by atoms with Crippen molar-refractivity contribution in [3.05, 3.63) is 51.0 Å². The number of anilines is 1. The molecule has 1 heterocycles. The summed E-state index contributed by atoms with van der Waals surface area (Å²) in [5.74, 6) is -1.33. The van der Waals surface area contributed by atoms with E-state index in [9.17, 15) is 14.0 Å². The fourth-order valence-corrected chi connectivity index (χ4v) is 3.31. The van der Waals surface area contributed by atoms with E-state index in [1.54, 1.807) is 11.3 Å². The molecule has 7 heteroatoms. The first-order chi connectivity index (χ1) is 10.8. The summed E-state index contributed by atoms with van der Waals surface area (Å²) < 4.78 is 13.7. The molecule has 0 unspecified atom stereocenters. The lowest BCUT2D eigenvalue weighted by Crippen LogP contribution is -2.31. The minimum absolute atomic E-state index is 0.0933. The number of amides is 3. The van der Waals surface area contributed by atoms with E-state index in [0.717, 1.165) is 21.4 Å². The zero-order valence-electron chi connectivity index (χ0n) is 13.1. The van der Waals surface area contributed by atoms with Crippen LogP contribution in [-0.2, 0) is 0 Å². The maximum Gasteiger partial charge on any atom is 0.319 e. The van der Waals surface area contributed by atoms with Crippen molar-refractivity contribution in [3.8, 4) is 0 Å². The second kappa shape index (κ2) is 6.78. The SMILES string of the molecule is Cc1cc([C@H](C)NC(=O)Nc2cc(C(N)=O)ccc2F)c(C)s1. The summed E-state index contributed by atoms with van der Waals surface area (Å²) in [6.07, 6.45) is 0. The summed E-state index contributed by atoms with van der Waals surface area (Å²) in [6, 6.07) is 4.80. The van der Waals surface area contributed by atoms with Crippen molar-refractivity contribution in [3.63, 3.8) is 0 Å². The molecule has 0 fully saturated rings. The van der Waals surface area contributed by atoms with E-state index in [1.165, 1.54) is 12.1 Å². The van der Waals surface area contributed by atoms with Crippen LogP contribution in [0.25, 0.3) is 0 Å². The predicted octanol–water partition coefficient (Wildman–Crippen LogP) is 3.49. The van der Waals surface area contributed by atoms with Crippen LogP contribution in [0.15, 0.2) is 24.3 Å². The van der Waals surface area contributed by atoms with Gasteiger partial charge in [-0.05, 0) is 50.6 Å². The third-order valence-electron chi connectivity index (χ3n) is 3.39. The Bertz CT molecular complexity index is 758. The first kappa shape index (κ1) is 17.0. The summed E-state index contributed by atoms with van der Waals surface area (Å²) in [4.78, 5) is 25.5. The summed E-state index contributed by atoms with van der Waals surface area (Å²) in [6.45, 7) is 5.84. The molecule has 1 aromatic heterocycles. The molecule has 23 heavy (non-hydrogen) atoms. The maximum absolute atomic E-state index is 13.7. The van der Waals surface area contributed by atoms with E-state index in [1.807, 2.05) is 26.8 Å². The Balaban J connectivity index is 2.09. The van der Waals surface area contributed by atoms with Crippen LogP contribution in [0.2, 0.25) is 0 Å². The fourth-order valence-electron chi connectivity index (χ4n) is 2.29. The third kappa shape index (κ3) is 4.07. The van der Waals surface area contributed by atoms with E-state index in [4.69, 9.17) is 5.73 Å². The average molecular weight is 335 g/mol. The average Bonchev–Trinajstić information content (AvgIpc) is 2.79. The van der Waals surface area contributed by atoms with Crippen LogP contribution in [0.1, 0.15) is 38.6 Å². The number of nitrogens with two attached hydrogens (primary N) is 1. The molecule has 1 aromatic carbocycles. The number of nitrogens with one attached hydrogen (secondary N) is 2. The lowest BCUT2D eigenvalue weighted by atomic mass is 10.1. The Morgan fingerprint density at radius 2 is 1.96 bits per heavy atom. The van der Waals surface area contributed by atoms with Crippen LogP contribution < -0.4 is 16.4 Å². The van der Waals surface area contributed by atoms with Crippen molar-refractivity contribution in [2.24, 2.45) is 5.73 Å². The summed E-state index contributed by atoms with van der Waals surface area (Å²) in [5.41, 5.74) is 6.20. The number of hydrogen-bond donors (Lipinski definition) is 3. The van der Waals surface area contributed by atoms with Gasteiger partial charge < -0.3 is 16.4 Å². The van der Waals surface area contributed by atoms with Crippen LogP contribution in [0.5, 0.6) is 0 Å². The molecule has 0 saturated carbocycles. The summed E-state index contributed by atoms with van der Waals surface area (Å²) in [5, 5.41) is 5.15. The van der Waals surface area contributed by atoms with Crippen molar-refractivity contribution < 1.29 is 14.0 Å². The molecule has 4 N–H and O–H groups in total. The molecule has 0 aliphatic rings. The van der Waals surface area contributed by atoms with Gasteiger partial charge in [0.05, 0.1) is 11.7 Å². The van der Waals surface area contributed by atoms with E-state index in [-0.39, 0.29) is 17.3 Å². The molecule has 122 valence electrons. The molecule has 1 atom stereocenters. The standard InChI is InChI=1S/C16H18FN3O2S/c1-8-6-12(10(3)23-8)9(2)19-16(22)20-14-7-11(15(18)21)4-5-13(14)17/h4-7,9H,1-3H3,(H2,18,21)(H2,19,20,22)/t9-/m0/s1. The molecular formula is C16H18FN3O2S. The van der Waals surface area contributed by atoms with Gasteiger partial charge in [-0.15, -0.1) is 11.3 Å². The second-order valence-corrected chi connectivity index (χ2v) is 6.71. The first-order valence-corrected chi connectivity index (χ1v) is 7.83. The number of carbonyl (C=O) groups excluding carboxylic acids is 2. The van der Waals surface area contributed by atoms with Crippen molar-refractivity contribution in [2.45, 2.75) is 26.8 Å². The third-order valence-corrected chi connectivity index (χ3v) is 4.37. The van der Waals surface area contributed by atoms with Gasteiger partial charge in [0.25, 0.3) is 0 Å². The molecule has 0 bridgehead atoms. The number of halogens is 1. The largest absolute Gasteiger partial charge is 0.366 e. The highest BCUT2D eigenvalue weighted by Crippen LogP contribution is 2.26. The zero-order valence-corrected chi connectivity index (χ0v) is 13.9. The number of hydrogen-bond acceptors (Lipinski definition) is 3. The highest BCUT2D eigenvalue weighted by atomic mass is 32.1. The molecule has 0 saturated heterocycles. The number of aryl methyl sites for hydroxylation is 2. The van der Waals surface area contributed by atoms with Crippen LogP contribution >= 0.6 is 11.3 Å². The van der Waals surface area contributed by atoms with Crippen molar-refractivity contribution in [1.29, 1.82) is 0 Å². The number of benzene rings is 1. The minimum atomic E-state index is -0.689. The monoisotopic (exact) mass is 335 g/mol. The molecule has 0 aliphatic carbocycles. The maximum atomic E-state index is 13.7. The number of thiophene rings is 1. The van der Waals surface area contributed by atoms with Gasteiger partial charge in [-0.2, -0.15) is 0 Å². The van der Waals surface area contributed by atoms with Gasteiger partial charge in [-0.3, -0.25) is 4.79 Å². The lowest BCUT2D eigenvalue weighted by Gasteiger charge is -2.15. The van der Waals surface area contributed by atoms with Crippen molar-refractivity contribution in [1.82, 2.24) is 5.32 Å². The molecule has 2 aromatic rings. The summed E-state index contributed by atoms with van der Waals surface area (Å²) >= 11 is 1.65. The lowest BCUT2D eigenvalue weighted by molar-refractivity contribution is 0.1000. The number of rotatable bonds is 4. The highest BCUT2D eigenvalue weighted by molar-refractivity contribution is 7.12. The van der Waals surface area contributed by atoms with E-state index in [0.29, 0.717) is 0 Å². The normalized spacial score (nSPS) is 11.8. The topological polar surface area (TPSA) is 84.2 Å². The Hall–Kier alpha value is -2.41. The first-order valence-electron chi connectivity index (χ1n) is 7.01. The van der Waals surface area contributed by atoms with Gasteiger partial charge in [0.2, 0.25) is 5.91 Å². The Kier molecular flexibility index (Phi) is 5.00. The van der Waals surface area contributed by atoms with Gasteiger partial charge in [0.15, 0.2) is 0 Å². The number of carbonyl (C=O) groups is 2. The van der Waals surface area contributed by atoms with Crippen molar-refractivity contribution in [2.75, 3.05) is 5.32 Å². The van der Waals surface area contributed by atoms with Crippen LogP contribution in [0, 0.1) is 19.7 Å². The molecule has 0 spiro atoms. The Labute approximate surface area is 137 Å². The molecule has 0 aliphatic heterocycles. The smallest absolute Gasteiger partial charge is 0.319 e. The molecule has 3 amide bonds. The van der Waals surface area contributed by atoms with Gasteiger partial charge >= 0.3 is 6.03 Å². The Morgan fingerprint density at radius 3 is 2.52 bits per heavy atom.